The Balaban J connectivity index is 1.26. The fourth-order valence-corrected chi connectivity index (χ4v) is 6.73. The van der Waals surface area contributed by atoms with Gasteiger partial charge in [0.25, 0.3) is 10.0 Å². The molecule has 1 saturated heterocycles. The van der Waals surface area contributed by atoms with Crippen LogP contribution < -0.4 is 10.0 Å². The van der Waals surface area contributed by atoms with Crippen molar-refractivity contribution in [3.05, 3.63) is 58.7 Å². The molecule has 1 atom stereocenters. The molecule has 0 radical (unpaired) electrons. The monoisotopic (exact) mass is 587 g/mol. The van der Waals surface area contributed by atoms with Gasteiger partial charge >= 0.3 is 0 Å². The summed E-state index contributed by atoms with van der Waals surface area (Å²) < 4.78 is 29.9. The van der Waals surface area contributed by atoms with Crippen molar-refractivity contribution < 1.29 is 8.42 Å². The normalized spacial score (nSPS) is 16.5. The van der Waals surface area contributed by atoms with E-state index < -0.39 is 10.0 Å². The number of aryl methyl sites for hydroxylation is 1. The number of hydrogen-bond donors (Lipinski definition) is 2. The molecule has 1 aliphatic rings. The van der Waals surface area contributed by atoms with Gasteiger partial charge in [-0.1, -0.05) is 47.8 Å². The maximum atomic E-state index is 12.8. The van der Waals surface area contributed by atoms with E-state index in [1.165, 1.54) is 44.0 Å². The molecule has 5 rings (SSSR count). The lowest BCUT2D eigenvalue weighted by Gasteiger charge is -2.33. The van der Waals surface area contributed by atoms with Gasteiger partial charge in [0.15, 0.2) is 5.65 Å². The number of nitrogens with zero attached hydrogens (tertiary/aromatic N) is 5. The van der Waals surface area contributed by atoms with Crippen LogP contribution >= 0.6 is 23.2 Å². The molecule has 1 unspecified atom stereocenters. The van der Waals surface area contributed by atoms with E-state index in [1.54, 1.807) is 35.1 Å². The van der Waals surface area contributed by atoms with Crippen LogP contribution in [-0.4, -0.2) is 58.7 Å². The highest BCUT2D eigenvalue weighted by molar-refractivity contribution is 7.92. The Kier molecular flexibility index (Phi) is 8.27. The average molecular weight is 589 g/mol. The number of anilines is 2. The van der Waals surface area contributed by atoms with Crippen molar-refractivity contribution in [3.8, 4) is 11.3 Å². The van der Waals surface area contributed by atoms with Crippen molar-refractivity contribution in [2.45, 2.75) is 43.5 Å². The van der Waals surface area contributed by atoms with Gasteiger partial charge < -0.3 is 10.2 Å². The van der Waals surface area contributed by atoms with Crippen molar-refractivity contribution in [1.29, 1.82) is 0 Å². The molecule has 0 spiro atoms. The molecule has 3 heterocycles. The fourth-order valence-electron chi connectivity index (χ4n) is 4.91. The number of fused-ring (bicyclic) bond motifs is 1. The van der Waals surface area contributed by atoms with Crippen LogP contribution in [0.3, 0.4) is 0 Å². The van der Waals surface area contributed by atoms with E-state index in [0.717, 1.165) is 30.5 Å². The van der Waals surface area contributed by atoms with Gasteiger partial charge in [-0.05, 0) is 57.0 Å². The maximum absolute atomic E-state index is 12.8. The number of halogens is 2. The summed E-state index contributed by atoms with van der Waals surface area (Å²) in [5.74, 6) is 0.577. The first kappa shape index (κ1) is 27.6. The summed E-state index contributed by atoms with van der Waals surface area (Å²) in [5, 5.41) is 8.95. The van der Waals surface area contributed by atoms with E-state index in [-0.39, 0.29) is 14.9 Å². The van der Waals surface area contributed by atoms with Gasteiger partial charge in [0.1, 0.15) is 10.6 Å². The molecule has 39 heavy (non-hydrogen) atoms. The second-order valence-electron chi connectivity index (χ2n) is 9.80. The molecule has 0 saturated carbocycles. The Labute approximate surface area is 238 Å². The molecule has 0 amide bonds. The van der Waals surface area contributed by atoms with Crippen LogP contribution in [-0.2, 0) is 17.1 Å². The predicted octanol–water partition coefficient (Wildman–Crippen LogP) is 5.81. The number of aromatic nitrogens is 4. The third-order valence-corrected chi connectivity index (χ3v) is 9.40. The highest BCUT2D eigenvalue weighted by atomic mass is 35.5. The molecule has 12 heteroatoms. The molecule has 9 nitrogen and oxygen atoms in total. The van der Waals surface area contributed by atoms with Crippen molar-refractivity contribution in [3.63, 3.8) is 0 Å². The topological polar surface area (TPSA) is 105 Å². The Hall–Kier alpha value is -2.92. The minimum Gasteiger partial charge on any atom is -0.354 e. The number of benzene rings is 2. The van der Waals surface area contributed by atoms with E-state index >= 15 is 0 Å². The summed E-state index contributed by atoms with van der Waals surface area (Å²) in [5.41, 5.74) is 2.62. The molecular formula is C27H31Cl2N7O2S. The van der Waals surface area contributed by atoms with Gasteiger partial charge in [-0.3, -0.25) is 4.72 Å². The van der Waals surface area contributed by atoms with Crippen LogP contribution in [0.5, 0.6) is 0 Å². The Morgan fingerprint density at radius 2 is 1.90 bits per heavy atom. The quantitative estimate of drug-likeness (QED) is 0.238. The van der Waals surface area contributed by atoms with Gasteiger partial charge in [-0.2, -0.15) is 10.1 Å². The number of hydrogen-bond acceptors (Lipinski definition) is 7. The van der Waals surface area contributed by atoms with E-state index in [2.05, 4.69) is 36.9 Å². The number of likely N-dealkylation sites (tertiary alicyclic amines) is 1. The molecule has 1 aliphatic heterocycles. The summed E-state index contributed by atoms with van der Waals surface area (Å²) in [6.45, 7) is 5.37. The molecule has 0 aliphatic carbocycles. The molecule has 4 aromatic rings. The van der Waals surface area contributed by atoms with Gasteiger partial charge in [-0.25, -0.2) is 18.1 Å². The van der Waals surface area contributed by atoms with Gasteiger partial charge in [0.05, 0.1) is 15.4 Å². The number of piperidine rings is 1. The largest absolute Gasteiger partial charge is 0.354 e. The fraction of sp³-hybridized carbons (Fsp3) is 0.370. The lowest BCUT2D eigenvalue weighted by atomic mass is 10.0. The summed E-state index contributed by atoms with van der Waals surface area (Å²) in [6, 6.07) is 12.1. The summed E-state index contributed by atoms with van der Waals surface area (Å²) in [6.07, 6.45) is 6.71. The summed E-state index contributed by atoms with van der Waals surface area (Å²) in [4.78, 5) is 11.7. The smallest absolute Gasteiger partial charge is 0.263 e. The lowest BCUT2D eigenvalue weighted by molar-refractivity contribution is 0.160. The van der Waals surface area contributed by atoms with E-state index in [1.807, 2.05) is 7.05 Å². The Bertz CT molecular complexity index is 1580. The SMILES string of the molecule is CC1CCCCN1CCCNc1ncc2c(-c3ccc(NS(=O)(=O)c4cccc(Cl)c4Cl)cc3)nn(C)c2n1. The summed E-state index contributed by atoms with van der Waals surface area (Å²) in [7, 11) is -2.07. The van der Waals surface area contributed by atoms with Gasteiger partial charge in [-0.15, -0.1) is 0 Å². The Morgan fingerprint density at radius 3 is 2.67 bits per heavy atom. The summed E-state index contributed by atoms with van der Waals surface area (Å²) >= 11 is 12.1. The maximum Gasteiger partial charge on any atom is 0.263 e. The minimum atomic E-state index is -3.91. The van der Waals surface area contributed by atoms with Gasteiger partial charge in [0, 0.05) is 43.6 Å². The van der Waals surface area contributed by atoms with Crippen molar-refractivity contribution in [1.82, 2.24) is 24.6 Å². The average Bonchev–Trinajstić information content (AvgIpc) is 3.25. The molecular weight excluding hydrogens is 557 g/mol. The predicted molar refractivity (Wildman–Crippen MR) is 157 cm³/mol. The zero-order valence-electron chi connectivity index (χ0n) is 21.9. The van der Waals surface area contributed by atoms with E-state index in [0.29, 0.717) is 29.0 Å². The highest BCUT2D eigenvalue weighted by Crippen LogP contribution is 2.31. The van der Waals surface area contributed by atoms with Crippen LogP contribution in [0, 0.1) is 0 Å². The van der Waals surface area contributed by atoms with Crippen molar-refractivity contribution >= 4 is 55.9 Å². The standard InChI is InChI=1S/C27H31Cl2N7O2S/c1-18-7-3-4-15-36(18)16-6-14-30-27-31-17-21-25(33-35(2)26(21)32-27)19-10-12-20(13-11-19)34-39(37,38)23-9-5-8-22(28)24(23)29/h5,8-13,17-18,34H,3-4,6-7,14-16H2,1-2H3,(H,30,31,32). The first-order valence-electron chi connectivity index (χ1n) is 13.0. The molecule has 2 aromatic carbocycles. The number of sulfonamides is 1. The van der Waals surface area contributed by atoms with Crippen molar-refractivity contribution in [2.24, 2.45) is 7.05 Å². The van der Waals surface area contributed by atoms with Crippen molar-refractivity contribution in [2.75, 3.05) is 29.7 Å². The molecule has 1 fully saturated rings. The zero-order valence-corrected chi connectivity index (χ0v) is 24.2. The first-order chi connectivity index (χ1) is 18.7. The highest BCUT2D eigenvalue weighted by Gasteiger charge is 2.20. The number of nitrogens with one attached hydrogen (secondary N) is 2. The third kappa shape index (κ3) is 6.14. The van der Waals surface area contributed by atoms with Gasteiger partial charge in [0.2, 0.25) is 5.95 Å². The minimum absolute atomic E-state index is 0.0197. The molecule has 0 bridgehead atoms. The van der Waals surface area contributed by atoms with Crippen LogP contribution in [0.4, 0.5) is 11.6 Å². The molecule has 2 N–H and O–H groups in total. The second kappa shape index (κ2) is 11.7. The van der Waals surface area contributed by atoms with E-state index in [4.69, 9.17) is 23.2 Å². The zero-order chi connectivity index (χ0) is 27.6. The third-order valence-electron chi connectivity index (χ3n) is 7.04. The molecule has 206 valence electrons. The first-order valence-corrected chi connectivity index (χ1v) is 15.2. The second-order valence-corrected chi connectivity index (χ2v) is 12.2. The van der Waals surface area contributed by atoms with Crippen LogP contribution in [0.2, 0.25) is 10.0 Å². The van der Waals surface area contributed by atoms with E-state index in [9.17, 15) is 8.42 Å². The Morgan fingerprint density at radius 1 is 1.10 bits per heavy atom. The van der Waals surface area contributed by atoms with Crippen LogP contribution in [0.15, 0.2) is 53.6 Å². The number of rotatable bonds is 9. The van der Waals surface area contributed by atoms with Crippen LogP contribution in [0.1, 0.15) is 32.6 Å². The molecule has 2 aromatic heterocycles. The lowest BCUT2D eigenvalue weighted by Crippen LogP contribution is -2.38. The van der Waals surface area contributed by atoms with Crippen LogP contribution in [0.25, 0.3) is 22.3 Å².